The molecule has 0 amide bonds. The second-order valence-corrected chi connectivity index (χ2v) is 6.63. The summed E-state index contributed by atoms with van der Waals surface area (Å²) >= 11 is 0. The number of aliphatic hydroxyl groups excluding tert-OH is 1. The van der Waals surface area contributed by atoms with E-state index in [0.717, 1.165) is 28.1 Å². The van der Waals surface area contributed by atoms with Crippen LogP contribution in [0, 0.1) is 0 Å². The largest absolute Gasteiger partial charge is 0.497 e. The van der Waals surface area contributed by atoms with Crippen LogP contribution >= 0.6 is 0 Å². The van der Waals surface area contributed by atoms with Gasteiger partial charge < -0.3 is 14.7 Å². The molecule has 0 saturated heterocycles. The number of hydrogen-bond donors (Lipinski definition) is 1. The van der Waals surface area contributed by atoms with Gasteiger partial charge in [-0.3, -0.25) is 0 Å². The molecule has 7 heteroatoms. The van der Waals surface area contributed by atoms with Gasteiger partial charge >= 0.3 is 0 Å². The summed E-state index contributed by atoms with van der Waals surface area (Å²) in [4.78, 5) is 5.25. The van der Waals surface area contributed by atoms with Crippen molar-refractivity contribution in [1.82, 2.24) is 15.0 Å². The number of aliphatic hydroxyl groups is 1. The molecule has 0 aliphatic heterocycles. The number of methoxy groups -OCH3 is 1. The second kappa shape index (κ2) is 9.14. The Balaban J connectivity index is 1.64. The topological polar surface area (TPSA) is 81.8 Å². The van der Waals surface area contributed by atoms with Gasteiger partial charge in [-0.05, 0) is 37.1 Å². The molecule has 28 heavy (non-hydrogen) atoms. The standard InChI is InChI=1S/C21H24N4O3/c1-15(2)23-28-14-16-7-9-17(10-8-16)20-12-25(24-22-20)13-21(26)18-5-4-6-19(11-18)27-3/h4-12,21,26H,13-14H2,1-3H3. The zero-order valence-corrected chi connectivity index (χ0v) is 16.2. The van der Waals surface area contributed by atoms with Crippen LogP contribution in [0.1, 0.15) is 31.1 Å². The Labute approximate surface area is 164 Å². The van der Waals surface area contributed by atoms with Gasteiger partial charge in [0.25, 0.3) is 0 Å². The average molecular weight is 380 g/mol. The Morgan fingerprint density at radius 3 is 2.68 bits per heavy atom. The van der Waals surface area contributed by atoms with Crippen LogP contribution in [0.15, 0.2) is 59.9 Å². The molecule has 1 N–H and O–H groups in total. The smallest absolute Gasteiger partial charge is 0.142 e. The van der Waals surface area contributed by atoms with Gasteiger partial charge in [-0.15, -0.1) is 5.10 Å². The van der Waals surface area contributed by atoms with E-state index < -0.39 is 6.10 Å². The van der Waals surface area contributed by atoms with Gasteiger partial charge in [-0.2, -0.15) is 0 Å². The van der Waals surface area contributed by atoms with Crippen LogP contribution < -0.4 is 4.74 Å². The number of ether oxygens (including phenoxy) is 1. The first kappa shape index (κ1) is 19.6. The van der Waals surface area contributed by atoms with E-state index in [0.29, 0.717) is 18.9 Å². The van der Waals surface area contributed by atoms with Crippen LogP contribution in [-0.4, -0.2) is 32.9 Å². The van der Waals surface area contributed by atoms with Gasteiger partial charge in [0.1, 0.15) is 18.1 Å². The highest BCUT2D eigenvalue weighted by Gasteiger charge is 2.12. The predicted octanol–water partition coefficient (Wildman–Crippen LogP) is 3.60. The number of benzene rings is 2. The first-order valence-electron chi connectivity index (χ1n) is 9.00. The normalized spacial score (nSPS) is 11.7. The van der Waals surface area contributed by atoms with E-state index in [9.17, 15) is 5.11 Å². The number of rotatable bonds is 8. The summed E-state index contributed by atoms with van der Waals surface area (Å²) in [5, 5.41) is 22.7. The van der Waals surface area contributed by atoms with Crippen LogP contribution in [0.3, 0.4) is 0 Å². The molecule has 3 aromatic rings. The van der Waals surface area contributed by atoms with Crippen LogP contribution in [0.2, 0.25) is 0 Å². The number of oxime groups is 1. The highest BCUT2D eigenvalue weighted by Crippen LogP contribution is 2.22. The minimum Gasteiger partial charge on any atom is -0.497 e. The fourth-order valence-corrected chi connectivity index (χ4v) is 2.66. The molecule has 0 spiro atoms. The van der Waals surface area contributed by atoms with Crippen LogP contribution in [-0.2, 0) is 18.0 Å². The quantitative estimate of drug-likeness (QED) is 0.477. The van der Waals surface area contributed by atoms with Gasteiger partial charge in [-0.25, -0.2) is 4.68 Å². The Hall–Kier alpha value is -3.19. The van der Waals surface area contributed by atoms with Crippen molar-refractivity contribution in [2.24, 2.45) is 5.16 Å². The monoisotopic (exact) mass is 380 g/mol. The summed E-state index contributed by atoms with van der Waals surface area (Å²) < 4.78 is 6.84. The number of aromatic nitrogens is 3. The minimum absolute atomic E-state index is 0.306. The fourth-order valence-electron chi connectivity index (χ4n) is 2.66. The third-order valence-corrected chi connectivity index (χ3v) is 4.11. The molecule has 0 aliphatic rings. The van der Waals surface area contributed by atoms with E-state index in [4.69, 9.17) is 9.57 Å². The Kier molecular flexibility index (Phi) is 6.39. The molecule has 146 valence electrons. The maximum absolute atomic E-state index is 10.5. The van der Waals surface area contributed by atoms with Crippen LogP contribution in [0.4, 0.5) is 0 Å². The van der Waals surface area contributed by atoms with E-state index in [1.165, 1.54) is 0 Å². The van der Waals surface area contributed by atoms with Crippen LogP contribution in [0.25, 0.3) is 11.3 Å². The SMILES string of the molecule is COc1cccc(C(O)Cn2cc(-c3ccc(CON=C(C)C)cc3)nn2)c1. The highest BCUT2D eigenvalue weighted by atomic mass is 16.6. The van der Waals surface area contributed by atoms with Crippen molar-refractivity contribution in [3.05, 3.63) is 65.9 Å². The van der Waals surface area contributed by atoms with E-state index >= 15 is 0 Å². The van der Waals surface area contributed by atoms with Gasteiger partial charge in [0, 0.05) is 5.56 Å². The zero-order chi connectivity index (χ0) is 19.9. The van der Waals surface area contributed by atoms with Crippen molar-refractivity contribution in [2.45, 2.75) is 33.1 Å². The predicted molar refractivity (Wildman–Crippen MR) is 107 cm³/mol. The lowest BCUT2D eigenvalue weighted by atomic mass is 10.1. The maximum atomic E-state index is 10.5. The van der Waals surface area contributed by atoms with E-state index in [1.807, 2.05) is 68.6 Å². The molecule has 0 bridgehead atoms. The lowest BCUT2D eigenvalue weighted by Crippen LogP contribution is -2.09. The second-order valence-electron chi connectivity index (χ2n) is 6.63. The number of hydrogen-bond acceptors (Lipinski definition) is 6. The average Bonchev–Trinajstić information content (AvgIpc) is 3.16. The molecular formula is C21H24N4O3. The molecule has 1 aromatic heterocycles. The van der Waals surface area contributed by atoms with Crippen molar-refractivity contribution in [2.75, 3.05) is 7.11 Å². The van der Waals surface area contributed by atoms with E-state index in [-0.39, 0.29) is 0 Å². The number of nitrogens with zero attached hydrogens (tertiary/aromatic N) is 4. The van der Waals surface area contributed by atoms with Gasteiger partial charge in [0.2, 0.25) is 0 Å². The van der Waals surface area contributed by atoms with Crippen LogP contribution in [0.5, 0.6) is 5.75 Å². The molecule has 0 saturated carbocycles. The molecule has 1 heterocycles. The van der Waals surface area contributed by atoms with Crippen molar-refractivity contribution in [1.29, 1.82) is 0 Å². The third kappa shape index (κ3) is 5.17. The summed E-state index contributed by atoms with van der Waals surface area (Å²) in [6.45, 7) is 4.50. The van der Waals surface area contributed by atoms with E-state index in [1.54, 1.807) is 11.8 Å². The molecular weight excluding hydrogens is 356 g/mol. The fraction of sp³-hybridized carbons (Fsp3) is 0.286. The van der Waals surface area contributed by atoms with E-state index in [2.05, 4.69) is 15.5 Å². The lowest BCUT2D eigenvalue weighted by Gasteiger charge is -2.11. The van der Waals surface area contributed by atoms with Crippen molar-refractivity contribution < 1.29 is 14.7 Å². The molecule has 0 radical (unpaired) electrons. The molecule has 2 aromatic carbocycles. The summed E-state index contributed by atoms with van der Waals surface area (Å²) in [6.07, 6.45) is 1.12. The zero-order valence-electron chi connectivity index (χ0n) is 16.2. The van der Waals surface area contributed by atoms with Crippen molar-refractivity contribution >= 4 is 5.71 Å². The first-order chi connectivity index (χ1) is 13.5. The molecule has 0 aliphatic carbocycles. The summed E-state index contributed by atoms with van der Waals surface area (Å²) in [7, 11) is 1.60. The van der Waals surface area contributed by atoms with Gasteiger partial charge in [0.05, 0.1) is 31.7 Å². The van der Waals surface area contributed by atoms with Crippen molar-refractivity contribution in [3.8, 4) is 17.0 Å². The Bertz CT molecular complexity index is 931. The minimum atomic E-state index is -0.702. The molecule has 7 nitrogen and oxygen atoms in total. The van der Waals surface area contributed by atoms with Gasteiger partial charge in [-0.1, -0.05) is 46.8 Å². The van der Waals surface area contributed by atoms with Gasteiger partial charge in [0.15, 0.2) is 0 Å². The molecule has 1 unspecified atom stereocenters. The van der Waals surface area contributed by atoms with Crippen molar-refractivity contribution in [3.63, 3.8) is 0 Å². The summed E-state index contributed by atoms with van der Waals surface area (Å²) in [5.41, 5.74) is 4.36. The Morgan fingerprint density at radius 1 is 1.18 bits per heavy atom. The first-order valence-corrected chi connectivity index (χ1v) is 9.00. The lowest BCUT2D eigenvalue weighted by molar-refractivity contribution is 0.130. The summed E-state index contributed by atoms with van der Waals surface area (Å²) in [6, 6.07) is 15.2. The maximum Gasteiger partial charge on any atom is 0.142 e. The molecule has 0 fully saturated rings. The molecule has 3 rings (SSSR count). The summed E-state index contributed by atoms with van der Waals surface area (Å²) in [5.74, 6) is 0.708. The molecule has 1 atom stereocenters. The highest BCUT2D eigenvalue weighted by molar-refractivity contribution is 5.78. The third-order valence-electron chi connectivity index (χ3n) is 4.11. The Morgan fingerprint density at radius 2 is 1.96 bits per heavy atom.